The van der Waals surface area contributed by atoms with Gasteiger partial charge in [-0.3, -0.25) is 9.59 Å². The zero-order valence-corrected chi connectivity index (χ0v) is 15.0. The standard InChI is InChI=1S/C21H22N2O3/c1-3-14-8-10-15(11-9-14)13-23-18-7-5-4-6-16(18)20(25)17(12-19(23)24)21(26)22-2/h4-11,25H,3,12-13H2,1-2H3,(H,22,26). The summed E-state index contributed by atoms with van der Waals surface area (Å²) in [5.41, 5.74) is 3.41. The molecule has 5 nitrogen and oxygen atoms in total. The van der Waals surface area contributed by atoms with Gasteiger partial charge in [0.1, 0.15) is 5.76 Å². The summed E-state index contributed by atoms with van der Waals surface area (Å²) in [4.78, 5) is 26.6. The second-order valence-corrected chi connectivity index (χ2v) is 6.25. The van der Waals surface area contributed by atoms with Crippen molar-refractivity contribution in [2.45, 2.75) is 26.3 Å². The lowest BCUT2D eigenvalue weighted by Gasteiger charge is -2.23. The number of fused-ring (bicyclic) bond motifs is 1. The lowest BCUT2D eigenvalue weighted by Crippen LogP contribution is -2.31. The number of aliphatic hydroxyl groups excluding tert-OH is 1. The minimum absolute atomic E-state index is 0.0915. The molecule has 0 unspecified atom stereocenters. The average molecular weight is 350 g/mol. The van der Waals surface area contributed by atoms with Crippen molar-refractivity contribution in [3.05, 3.63) is 70.8 Å². The molecular weight excluding hydrogens is 328 g/mol. The number of likely N-dealkylation sites (N-methyl/N-ethyl adjacent to an activating group) is 1. The van der Waals surface area contributed by atoms with Crippen molar-refractivity contribution in [1.82, 2.24) is 5.32 Å². The molecule has 0 fully saturated rings. The molecule has 0 spiro atoms. The summed E-state index contributed by atoms with van der Waals surface area (Å²) in [5, 5.41) is 13.1. The number of benzene rings is 2. The van der Waals surface area contributed by atoms with Gasteiger partial charge in [0.2, 0.25) is 5.91 Å². The average Bonchev–Trinajstić information content (AvgIpc) is 2.78. The molecule has 2 N–H and O–H groups in total. The van der Waals surface area contributed by atoms with E-state index < -0.39 is 5.91 Å². The summed E-state index contributed by atoms with van der Waals surface area (Å²) >= 11 is 0. The predicted molar refractivity (Wildman–Crippen MR) is 102 cm³/mol. The van der Waals surface area contributed by atoms with Gasteiger partial charge in [-0.05, 0) is 29.7 Å². The number of carbonyl (C=O) groups is 2. The van der Waals surface area contributed by atoms with Crippen molar-refractivity contribution in [3.8, 4) is 0 Å². The van der Waals surface area contributed by atoms with E-state index in [1.807, 2.05) is 18.2 Å². The number of aliphatic hydroxyl groups is 1. The third kappa shape index (κ3) is 3.33. The van der Waals surface area contributed by atoms with Crippen LogP contribution in [0.2, 0.25) is 0 Å². The first kappa shape index (κ1) is 17.7. The number of nitrogens with zero attached hydrogens (tertiary/aromatic N) is 1. The third-order valence-electron chi connectivity index (χ3n) is 4.64. The highest BCUT2D eigenvalue weighted by molar-refractivity contribution is 6.10. The van der Waals surface area contributed by atoms with E-state index in [4.69, 9.17) is 0 Å². The van der Waals surface area contributed by atoms with E-state index >= 15 is 0 Å². The number of amides is 2. The Hall–Kier alpha value is -3.08. The molecule has 3 rings (SSSR count). The number of nitrogens with one attached hydrogen (secondary N) is 1. The molecule has 2 amide bonds. The molecule has 0 aromatic heterocycles. The van der Waals surface area contributed by atoms with Gasteiger partial charge in [-0.1, -0.05) is 43.3 Å². The van der Waals surface area contributed by atoms with Crippen LogP contribution >= 0.6 is 0 Å². The molecule has 2 aromatic carbocycles. The number of carbonyl (C=O) groups excluding carboxylic acids is 2. The van der Waals surface area contributed by atoms with Crippen LogP contribution in [0.15, 0.2) is 54.1 Å². The van der Waals surface area contributed by atoms with Crippen molar-refractivity contribution >= 4 is 23.3 Å². The van der Waals surface area contributed by atoms with Crippen LogP contribution in [0.5, 0.6) is 0 Å². The molecule has 0 saturated carbocycles. The van der Waals surface area contributed by atoms with Crippen LogP contribution in [0.1, 0.15) is 30.0 Å². The van der Waals surface area contributed by atoms with Gasteiger partial charge < -0.3 is 15.3 Å². The Morgan fingerprint density at radius 2 is 1.77 bits per heavy atom. The number of hydrogen-bond donors (Lipinski definition) is 2. The maximum Gasteiger partial charge on any atom is 0.251 e. The molecule has 134 valence electrons. The number of rotatable bonds is 4. The Labute approximate surface area is 153 Å². The van der Waals surface area contributed by atoms with E-state index in [1.54, 1.807) is 23.1 Å². The maximum absolute atomic E-state index is 12.9. The van der Waals surface area contributed by atoms with Crippen molar-refractivity contribution in [3.63, 3.8) is 0 Å². The molecule has 0 atom stereocenters. The summed E-state index contributed by atoms with van der Waals surface area (Å²) in [7, 11) is 1.48. The first-order valence-corrected chi connectivity index (χ1v) is 8.67. The second kappa shape index (κ2) is 7.44. The van der Waals surface area contributed by atoms with E-state index in [-0.39, 0.29) is 23.7 Å². The second-order valence-electron chi connectivity index (χ2n) is 6.25. The quantitative estimate of drug-likeness (QED) is 0.890. The third-order valence-corrected chi connectivity index (χ3v) is 4.64. The fourth-order valence-corrected chi connectivity index (χ4v) is 3.11. The monoisotopic (exact) mass is 350 g/mol. The Bertz CT molecular complexity index is 869. The van der Waals surface area contributed by atoms with Crippen molar-refractivity contribution in [1.29, 1.82) is 0 Å². The molecule has 0 radical (unpaired) electrons. The van der Waals surface area contributed by atoms with Gasteiger partial charge in [-0.2, -0.15) is 0 Å². The summed E-state index contributed by atoms with van der Waals surface area (Å²) in [5.74, 6) is -0.809. The molecule has 1 aliphatic rings. The van der Waals surface area contributed by atoms with Crippen LogP contribution < -0.4 is 10.2 Å². The van der Waals surface area contributed by atoms with Gasteiger partial charge in [0.05, 0.1) is 24.2 Å². The highest BCUT2D eigenvalue weighted by atomic mass is 16.3. The molecule has 0 bridgehead atoms. The summed E-state index contributed by atoms with van der Waals surface area (Å²) in [6.45, 7) is 2.48. The van der Waals surface area contributed by atoms with Crippen molar-refractivity contribution in [2.24, 2.45) is 0 Å². The van der Waals surface area contributed by atoms with Gasteiger partial charge in [0.15, 0.2) is 0 Å². The molecule has 1 aliphatic heterocycles. The lowest BCUT2D eigenvalue weighted by molar-refractivity contribution is -0.121. The Balaban J connectivity index is 2.01. The van der Waals surface area contributed by atoms with Crippen molar-refractivity contribution in [2.75, 3.05) is 11.9 Å². The van der Waals surface area contributed by atoms with Crippen LogP contribution in [0.25, 0.3) is 5.76 Å². The fraction of sp³-hybridized carbons (Fsp3) is 0.238. The van der Waals surface area contributed by atoms with E-state index in [0.29, 0.717) is 17.8 Å². The molecule has 5 heteroatoms. The van der Waals surface area contributed by atoms with Gasteiger partial charge in [0, 0.05) is 12.6 Å². The number of anilines is 1. The predicted octanol–water partition coefficient (Wildman–Crippen LogP) is 3.20. The normalized spacial score (nSPS) is 14.1. The first-order chi connectivity index (χ1) is 12.5. The van der Waals surface area contributed by atoms with Gasteiger partial charge in [-0.25, -0.2) is 0 Å². The fourth-order valence-electron chi connectivity index (χ4n) is 3.11. The Morgan fingerprint density at radius 1 is 1.12 bits per heavy atom. The van der Waals surface area contributed by atoms with E-state index in [9.17, 15) is 14.7 Å². The minimum Gasteiger partial charge on any atom is -0.507 e. The summed E-state index contributed by atoms with van der Waals surface area (Å²) in [6, 6.07) is 15.2. The lowest BCUT2D eigenvalue weighted by atomic mass is 10.1. The van der Waals surface area contributed by atoms with Crippen LogP contribution in [-0.2, 0) is 22.6 Å². The largest absolute Gasteiger partial charge is 0.507 e. The molecule has 0 saturated heterocycles. The van der Waals surface area contributed by atoms with Crippen LogP contribution in [-0.4, -0.2) is 24.0 Å². The maximum atomic E-state index is 12.9. The van der Waals surface area contributed by atoms with Crippen LogP contribution in [0.4, 0.5) is 5.69 Å². The number of aryl methyl sites for hydroxylation is 1. The number of para-hydroxylation sites is 1. The summed E-state index contributed by atoms with van der Waals surface area (Å²) in [6.07, 6.45) is 0.812. The molecule has 1 heterocycles. The highest BCUT2D eigenvalue weighted by Crippen LogP contribution is 2.34. The Kier molecular flexibility index (Phi) is 5.07. The van der Waals surface area contributed by atoms with E-state index in [1.165, 1.54) is 12.6 Å². The molecule has 26 heavy (non-hydrogen) atoms. The smallest absolute Gasteiger partial charge is 0.251 e. The molecule has 2 aromatic rings. The van der Waals surface area contributed by atoms with Crippen LogP contribution in [0, 0.1) is 0 Å². The molecular formula is C21H22N2O3. The zero-order valence-electron chi connectivity index (χ0n) is 15.0. The number of hydrogen-bond acceptors (Lipinski definition) is 3. The Morgan fingerprint density at radius 3 is 2.42 bits per heavy atom. The summed E-state index contributed by atoms with van der Waals surface area (Å²) < 4.78 is 0. The first-order valence-electron chi connectivity index (χ1n) is 8.67. The topological polar surface area (TPSA) is 69.6 Å². The minimum atomic E-state index is -0.445. The van der Waals surface area contributed by atoms with Gasteiger partial charge in [0.25, 0.3) is 5.91 Å². The SMILES string of the molecule is CCc1ccc(CN2C(=O)CC(C(=O)NC)=C(O)c3ccccc32)cc1. The van der Waals surface area contributed by atoms with Crippen LogP contribution in [0.3, 0.4) is 0 Å². The van der Waals surface area contributed by atoms with E-state index in [0.717, 1.165) is 12.0 Å². The molecule has 0 aliphatic carbocycles. The van der Waals surface area contributed by atoms with Gasteiger partial charge >= 0.3 is 0 Å². The highest BCUT2D eigenvalue weighted by Gasteiger charge is 2.30. The zero-order chi connectivity index (χ0) is 18.7. The van der Waals surface area contributed by atoms with E-state index in [2.05, 4.69) is 24.4 Å². The van der Waals surface area contributed by atoms with Crippen molar-refractivity contribution < 1.29 is 14.7 Å². The van der Waals surface area contributed by atoms with Gasteiger partial charge in [-0.15, -0.1) is 0 Å².